The first kappa shape index (κ1) is 12.7. The molecule has 0 aromatic carbocycles. The molecular weight excluding hydrogens is 255 g/mol. The molecule has 1 fully saturated rings. The van der Waals surface area contributed by atoms with Gasteiger partial charge in [-0.25, -0.2) is 0 Å². The van der Waals surface area contributed by atoms with Crippen LogP contribution in [0.3, 0.4) is 0 Å². The number of hydrogen-bond donors (Lipinski definition) is 1. The van der Waals surface area contributed by atoms with Crippen LogP contribution >= 0.6 is 11.8 Å². The Kier molecular flexibility index (Phi) is 3.35. The van der Waals surface area contributed by atoms with Crippen LogP contribution < -0.4 is 0 Å². The Morgan fingerprint density at radius 1 is 1.47 bits per heavy atom. The molecule has 17 heavy (non-hydrogen) atoms. The lowest BCUT2D eigenvalue weighted by molar-refractivity contribution is -0.125. The minimum atomic E-state index is -4.26. The van der Waals surface area contributed by atoms with Gasteiger partial charge in [0.15, 0.2) is 11.0 Å². The summed E-state index contributed by atoms with van der Waals surface area (Å²) in [6.45, 7) is 0.791. The molecule has 96 valence electrons. The van der Waals surface area contributed by atoms with Crippen molar-refractivity contribution >= 4 is 11.8 Å². The highest BCUT2D eigenvalue weighted by molar-refractivity contribution is 7.99. The van der Waals surface area contributed by atoms with Crippen molar-refractivity contribution in [2.75, 3.05) is 0 Å². The first-order valence-electron chi connectivity index (χ1n) is 5.21. The van der Waals surface area contributed by atoms with E-state index < -0.39 is 11.4 Å². The normalized spacial score (nSPS) is 18.4. The summed E-state index contributed by atoms with van der Waals surface area (Å²) in [6.07, 6.45) is -2.46. The Hall–Kier alpha value is -0.760. The molecule has 1 unspecified atom stereocenters. The maximum absolute atomic E-state index is 12.4. The van der Waals surface area contributed by atoms with Gasteiger partial charge in [0, 0.05) is 6.04 Å². The summed E-state index contributed by atoms with van der Waals surface area (Å²) in [6, 6.07) is 0.148. The molecule has 1 saturated carbocycles. The fraction of sp³-hybridized carbons (Fsp3) is 0.778. The monoisotopic (exact) mass is 267 g/mol. The van der Waals surface area contributed by atoms with Gasteiger partial charge in [-0.15, -0.1) is 10.2 Å². The van der Waals surface area contributed by atoms with E-state index in [-0.39, 0.29) is 17.8 Å². The van der Waals surface area contributed by atoms with Crippen LogP contribution in [0, 0.1) is 0 Å². The van der Waals surface area contributed by atoms with E-state index in [1.807, 2.05) is 0 Å². The highest BCUT2D eigenvalue weighted by atomic mass is 32.2. The molecule has 0 amide bonds. The summed E-state index contributed by atoms with van der Waals surface area (Å²) in [7, 11) is 0. The van der Waals surface area contributed by atoms with Crippen molar-refractivity contribution in [3.63, 3.8) is 0 Å². The summed E-state index contributed by atoms with van der Waals surface area (Å²) in [5.41, 5.74) is 0. The van der Waals surface area contributed by atoms with E-state index >= 15 is 0 Å². The van der Waals surface area contributed by atoms with Crippen LogP contribution in [0.4, 0.5) is 13.2 Å². The first-order chi connectivity index (χ1) is 7.93. The predicted molar refractivity (Wildman–Crippen MR) is 55.6 cm³/mol. The van der Waals surface area contributed by atoms with Gasteiger partial charge in [0.2, 0.25) is 0 Å². The first-order valence-corrected chi connectivity index (χ1v) is 6.09. The van der Waals surface area contributed by atoms with Crippen LogP contribution in [-0.4, -0.2) is 31.3 Å². The predicted octanol–water partition coefficient (Wildman–Crippen LogP) is 2.15. The lowest BCUT2D eigenvalue weighted by Gasteiger charge is -2.15. The van der Waals surface area contributed by atoms with E-state index in [0.29, 0.717) is 17.6 Å². The number of nitrogens with zero attached hydrogens (tertiary/aromatic N) is 3. The molecule has 2 rings (SSSR count). The van der Waals surface area contributed by atoms with Crippen LogP contribution in [0.2, 0.25) is 0 Å². The summed E-state index contributed by atoms with van der Waals surface area (Å²) in [5, 5.41) is 15.2. The van der Waals surface area contributed by atoms with Gasteiger partial charge in [0.05, 0.1) is 0 Å². The highest BCUT2D eigenvalue weighted by Crippen LogP contribution is 2.41. The maximum Gasteiger partial charge on any atom is 0.400 e. The minimum Gasteiger partial charge on any atom is -0.388 e. The number of aromatic nitrogens is 3. The van der Waals surface area contributed by atoms with Crippen molar-refractivity contribution in [1.82, 2.24) is 14.8 Å². The topological polar surface area (TPSA) is 50.9 Å². The summed E-state index contributed by atoms with van der Waals surface area (Å²) in [4.78, 5) is 0. The van der Waals surface area contributed by atoms with Crippen molar-refractivity contribution in [2.45, 2.75) is 49.0 Å². The average molecular weight is 267 g/mol. The number of aliphatic hydroxyl groups is 1. The summed E-state index contributed by atoms with van der Waals surface area (Å²) < 4.78 is 39.0. The number of rotatable bonds is 4. The molecule has 8 heteroatoms. The van der Waals surface area contributed by atoms with E-state index in [0.717, 1.165) is 19.8 Å². The lowest BCUT2D eigenvalue weighted by atomic mass is 10.5. The molecule has 1 aromatic heterocycles. The van der Waals surface area contributed by atoms with Crippen LogP contribution in [-0.2, 0) is 6.61 Å². The Labute approximate surface area is 100 Å². The van der Waals surface area contributed by atoms with Gasteiger partial charge >= 0.3 is 6.18 Å². The van der Waals surface area contributed by atoms with E-state index in [4.69, 9.17) is 5.11 Å². The van der Waals surface area contributed by atoms with E-state index in [1.54, 1.807) is 4.57 Å². The second-order valence-electron chi connectivity index (χ2n) is 3.96. The Morgan fingerprint density at radius 2 is 2.12 bits per heavy atom. The molecule has 1 aromatic rings. The highest BCUT2D eigenvalue weighted by Gasteiger charge is 2.39. The molecule has 0 radical (unpaired) electrons. The van der Waals surface area contributed by atoms with Gasteiger partial charge in [-0.3, -0.25) is 0 Å². The van der Waals surface area contributed by atoms with Gasteiger partial charge in [-0.05, 0) is 19.8 Å². The van der Waals surface area contributed by atoms with E-state index in [2.05, 4.69) is 10.2 Å². The summed E-state index contributed by atoms with van der Waals surface area (Å²) in [5.74, 6) is 0.337. The van der Waals surface area contributed by atoms with Gasteiger partial charge in [-0.2, -0.15) is 13.2 Å². The zero-order valence-corrected chi connectivity index (χ0v) is 9.92. The van der Waals surface area contributed by atoms with Crippen LogP contribution in [0.15, 0.2) is 5.16 Å². The van der Waals surface area contributed by atoms with Crippen molar-refractivity contribution in [1.29, 1.82) is 0 Å². The standard InChI is InChI=1S/C9H12F3N3OS/c1-5(9(10,11)12)17-8-14-13-7(4-16)15(8)6-2-3-6/h5-6,16H,2-4H2,1H3. The molecule has 0 aliphatic heterocycles. The molecule has 1 atom stereocenters. The third-order valence-corrected chi connectivity index (χ3v) is 3.64. The molecule has 0 spiro atoms. The van der Waals surface area contributed by atoms with Gasteiger partial charge in [-0.1, -0.05) is 11.8 Å². The zero-order chi connectivity index (χ0) is 12.6. The molecular formula is C9H12F3N3OS. The molecule has 1 aliphatic rings. The van der Waals surface area contributed by atoms with Crippen molar-refractivity contribution in [3.05, 3.63) is 5.82 Å². The second-order valence-corrected chi connectivity index (χ2v) is 5.27. The van der Waals surface area contributed by atoms with E-state index in [1.165, 1.54) is 0 Å². The summed E-state index contributed by atoms with van der Waals surface area (Å²) >= 11 is 0.635. The van der Waals surface area contributed by atoms with Crippen LogP contribution in [0.5, 0.6) is 0 Å². The molecule has 1 N–H and O–H groups in total. The van der Waals surface area contributed by atoms with Gasteiger partial charge in [0.1, 0.15) is 11.9 Å². The van der Waals surface area contributed by atoms with Gasteiger partial charge in [0.25, 0.3) is 0 Å². The molecule has 1 heterocycles. The fourth-order valence-electron chi connectivity index (χ4n) is 1.42. The number of alkyl halides is 3. The maximum atomic E-state index is 12.4. The molecule has 4 nitrogen and oxygen atoms in total. The average Bonchev–Trinajstić information content (AvgIpc) is 2.99. The van der Waals surface area contributed by atoms with Crippen LogP contribution in [0.1, 0.15) is 31.6 Å². The number of thioether (sulfide) groups is 1. The van der Waals surface area contributed by atoms with E-state index in [9.17, 15) is 13.2 Å². The quantitative estimate of drug-likeness (QED) is 0.849. The lowest BCUT2D eigenvalue weighted by Crippen LogP contribution is -2.22. The largest absolute Gasteiger partial charge is 0.400 e. The number of halogens is 3. The van der Waals surface area contributed by atoms with Crippen molar-refractivity contribution in [2.24, 2.45) is 0 Å². The smallest absolute Gasteiger partial charge is 0.388 e. The third-order valence-electron chi connectivity index (χ3n) is 2.53. The Bertz CT molecular complexity index is 403. The Morgan fingerprint density at radius 3 is 2.59 bits per heavy atom. The second kappa shape index (κ2) is 4.49. The van der Waals surface area contributed by atoms with Crippen LogP contribution in [0.25, 0.3) is 0 Å². The molecule has 0 saturated heterocycles. The zero-order valence-electron chi connectivity index (χ0n) is 9.11. The molecule has 0 bridgehead atoms. The Balaban J connectivity index is 2.18. The molecule has 1 aliphatic carbocycles. The minimum absolute atomic E-state index is 0.148. The SMILES string of the molecule is CC(Sc1nnc(CO)n1C1CC1)C(F)(F)F. The van der Waals surface area contributed by atoms with Crippen molar-refractivity contribution < 1.29 is 18.3 Å². The van der Waals surface area contributed by atoms with Gasteiger partial charge < -0.3 is 9.67 Å². The number of aliphatic hydroxyl groups excluding tert-OH is 1. The van der Waals surface area contributed by atoms with Crippen molar-refractivity contribution in [3.8, 4) is 0 Å². The fourth-order valence-corrected chi connectivity index (χ4v) is 2.33. The number of hydrogen-bond acceptors (Lipinski definition) is 4. The third kappa shape index (κ3) is 2.74.